The molecule has 2 heterocycles. The van der Waals surface area contributed by atoms with Crippen molar-refractivity contribution in [1.82, 2.24) is 4.90 Å². The van der Waals surface area contributed by atoms with Crippen LogP contribution < -0.4 is 10.0 Å². The average molecular weight is 614 g/mol. The minimum absolute atomic E-state index is 0.00983. The molecule has 4 amide bonds. The van der Waals surface area contributed by atoms with Crippen LogP contribution >= 0.6 is 0 Å². The van der Waals surface area contributed by atoms with Gasteiger partial charge >= 0.3 is 6.18 Å². The van der Waals surface area contributed by atoms with Gasteiger partial charge in [-0.3, -0.25) is 24.1 Å². The van der Waals surface area contributed by atoms with Crippen LogP contribution in [-0.2, 0) is 15.4 Å². The van der Waals surface area contributed by atoms with E-state index in [9.17, 15) is 40.8 Å². The van der Waals surface area contributed by atoms with Crippen molar-refractivity contribution in [3.05, 3.63) is 92.0 Å². The summed E-state index contributed by atoms with van der Waals surface area (Å²) in [5.41, 5.74) is -2.86. The second kappa shape index (κ2) is 9.32. The molecule has 43 heavy (non-hydrogen) atoms. The van der Waals surface area contributed by atoms with Crippen molar-refractivity contribution in [2.24, 2.45) is 5.14 Å². The van der Waals surface area contributed by atoms with Gasteiger partial charge < -0.3 is 0 Å². The third kappa shape index (κ3) is 4.05. The Hall–Kier alpha value is -4.36. The number of imide groups is 2. The Morgan fingerprint density at radius 1 is 0.674 bits per heavy atom. The van der Waals surface area contributed by atoms with E-state index >= 15 is 0 Å². The number of primary sulfonamides is 1. The largest absolute Gasteiger partial charge is 0.402 e. The van der Waals surface area contributed by atoms with E-state index < -0.39 is 45.2 Å². The van der Waals surface area contributed by atoms with Crippen molar-refractivity contribution in [3.8, 4) is 0 Å². The summed E-state index contributed by atoms with van der Waals surface area (Å²) in [6.07, 6.45) is -4.94. The number of nitrogens with zero attached hydrogens (tertiary/aromatic N) is 2. The fraction of sp³-hybridized carbons (Fsp3) is 0.267. The summed E-state index contributed by atoms with van der Waals surface area (Å²) in [4.78, 5) is 53.5. The summed E-state index contributed by atoms with van der Waals surface area (Å²) in [6.45, 7) is 7.05. The molecule has 0 saturated heterocycles. The van der Waals surface area contributed by atoms with E-state index in [2.05, 4.69) is 0 Å². The molecule has 2 aliphatic heterocycles. The number of anilines is 1. The Balaban J connectivity index is 1.68. The molecule has 13 heteroatoms. The zero-order chi connectivity index (χ0) is 32.1. The highest BCUT2D eigenvalue weighted by atomic mass is 32.2. The average Bonchev–Trinajstić information content (AvgIpc) is 3.29. The monoisotopic (exact) mass is 613 g/mol. The Labute approximate surface area is 245 Å². The Kier molecular flexibility index (Phi) is 6.52. The molecule has 2 aliphatic rings. The van der Waals surface area contributed by atoms with E-state index in [1.165, 1.54) is 14.0 Å². The quantitative estimate of drug-likeness (QED) is 0.432. The maximum Gasteiger partial charge on any atom is 0.402 e. The molecule has 1 unspecified atom stereocenters. The molecule has 0 bridgehead atoms. The third-order valence-corrected chi connectivity index (χ3v) is 9.90. The Bertz CT molecular complexity index is 1950. The fourth-order valence-corrected chi connectivity index (χ4v) is 7.09. The molecule has 0 spiro atoms. The second-order valence-electron chi connectivity index (χ2n) is 11.0. The maximum absolute atomic E-state index is 14.9. The number of nitrogens with two attached hydrogens (primary N) is 1. The van der Waals surface area contributed by atoms with E-state index in [1.807, 2.05) is 0 Å². The van der Waals surface area contributed by atoms with Crippen LogP contribution in [0.4, 0.5) is 18.9 Å². The fourth-order valence-electron chi connectivity index (χ4n) is 5.98. The van der Waals surface area contributed by atoms with E-state index in [-0.39, 0.29) is 49.5 Å². The molecule has 9 nitrogen and oxygen atoms in total. The minimum atomic E-state index is -4.94. The lowest BCUT2D eigenvalue weighted by atomic mass is 9.74. The van der Waals surface area contributed by atoms with Gasteiger partial charge in [-0.15, -0.1) is 0 Å². The zero-order valence-corrected chi connectivity index (χ0v) is 24.7. The van der Waals surface area contributed by atoms with Crippen molar-refractivity contribution in [1.29, 1.82) is 0 Å². The normalized spacial score (nSPS) is 16.6. The first-order valence-electron chi connectivity index (χ1n) is 12.9. The summed E-state index contributed by atoms with van der Waals surface area (Å²) >= 11 is 0. The Morgan fingerprint density at radius 3 is 1.60 bits per heavy atom. The number of alkyl halides is 3. The summed E-state index contributed by atoms with van der Waals surface area (Å²) in [5.74, 6) is -3.14. The number of rotatable bonds is 4. The molecule has 0 aromatic heterocycles. The smallest absolute Gasteiger partial charge is 0.277 e. The van der Waals surface area contributed by atoms with Gasteiger partial charge in [0.05, 0.1) is 32.8 Å². The number of hydrogen-bond acceptors (Lipinski definition) is 6. The van der Waals surface area contributed by atoms with Gasteiger partial charge in [0.15, 0.2) is 0 Å². The van der Waals surface area contributed by atoms with Crippen molar-refractivity contribution in [2.75, 3.05) is 11.9 Å². The van der Waals surface area contributed by atoms with Crippen LogP contribution in [0.5, 0.6) is 0 Å². The first-order chi connectivity index (χ1) is 19.7. The van der Waals surface area contributed by atoms with Crippen molar-refractivity contribution < 1.29 is 40.8 Å². The molecule has 1 atom stereocenters. The van der Waals surface area contributed by atoms with E-state index in [1.54, 1.807) is 20.8 Å². The lowest BCUT2D eigenvalue weighted by Crippen LogP contribution is -2.41. The van der Waals surface area contributed by atoms with Gasteiger partial charge in [-0.05, 0) is 92.3 Å². The molecule has 3 aromatic carbocycles. The molecule has 224 valence electrons. The lowest BCUT2D eigenvalue weighted by Gasteiger charge is -2.33. The highest BCUT2D eigenvalue weighted by Gasteiger charge is 2.55. The second-order valence-corrected chi connectivity index (χ2v) is 12.5. The van der Waals surface area contributed by atoms with Crippen LogP contribution in [0.25, 0.3) is 0 Å². The van der Waals surface area contributed by atoms with Crippen LogP contribution in [0.15, 0.2) is 41.3 Å². The highest BCUT2D eigenvalue weighted by molar-refractivity contribution is 7.89. The molecule has 0 aliphatic carbocycles. The van der Waals surface area contributed by atoms with Crippen LogP contribution in [-0.4, -0.2) is 50.2 Å². The predicted molar refractivity (Wildman–Crippen MR) is 150 cm³/mol. The van der Waals surface area contributed by atoms with Crippen molar-refractivity contribution in [3.63, 3.8) is 0 Å². The van der Waals surface area contributed by atoms with Gasteiger partial charge in [-0.1, -0.05) is 12.1 Å². The molecular weight excluding hydrogens is 587 g/mol. The highest BCUT2D eigenvalue weighted by Crippen LogP contribution is 2.48. The van der Waals surface area contributed by atoms with E-state index in [0.29, 0.717) is 16.7 Å². The first kappa shape index (κ1) is 30.1. The standard InChI is InChI=1S/C30H26F3N3O6S/c1-13-14(2)23(16(4)24(15(13)3)43(34,41)42)36-27(39)20-10-8-18(12-22(20)28(36)40)29(5,30(31,32)33)17-7-9-19-21(11-17)26(38)35(6)25(19)37/h7-12H,1-6H3,(H2,34,41,42). The molecule has 0 saturated carbocycles. The summed E-state index contributed by atoms with van der Waals surface area (Å²) in [5, 5.41) is 5.45. The Morgan fingerprint density at radius 2 is 1.12 bits per heavy atom. The summed E-state index contributed by atoms with van der Waals surface area (Å²) in [7, 11) is -3.04. The van der Waals surface area contributed by atoms with Crippen LogP contribution in [0.3, 0.4) is 0 Å². The predicted octanol–water partition coefficient (Wildman–Crippen LogP) is 4.46. The molecule has 5 rings (SSSR count). The zero-order valence-electron chi connectivity index (χ0n) is 23.9. The van der Waals surface area contributed by atoms with Gasteiger partial charge in [-0.25, -0.2) is 18.5 Å². The van der Waals surface area contributed by atoms with Gasteiger partial charge in [0.1, 0.15) is 5.41 Å². The van der Waals surface area contributed by atoms with Crippen LogP contribution in [0, 0.1) is 27.7 Å². The van der Waals surface area contributed by atoms with Crippen molar-refractivity contribution >= 4 is 39.3 Å². The molecule has 0 fully saturated rings. The molecule has 0 radical (unpaired) electrons. The first-order valence-corrected chi connectivity index (χ1v) is 14.5. The maximum atomic E-state index is 14.9. The summed E-state index contributed by atoms with van der Waals surface area (Å²) in [6, 6.07) is 6.49. The topological polar surface area (TPSA) is 135 Å². The van der Waals surface area contributed by atoms with Gasteiger partial charge in [0.2, 0.25) is 10.0 Å². The number of halogens is 3. The number of fused-ring (bicyclic) bond motifs is 2. The van der Waals surface area contributed by atoms with E-state index in [4.69, 9.17) is 5.14 Å². The molecule has 2 N–H and O–H groups in total. The SMILES string of the molecule is Cc1c(C)c(N2C(=O)c3ccc(C(C)(c4ccc5c(c4)C(=O)N(C)C5=O)C(F)(F)F)cc3C2=O)c(C)c(S(N)(=O)=O)c1C. The molecular formula is C30H26F3N3O6S. The molecule has 3 aromatic rings. The third-order valence-electron chi connectivity index (χ3n) is 8.72. The van der Waals surface area contributed by atoms with Crippen LogP contribution in [0.1, 0.15) is 81.7 Å². The van der Waals surface area contributed by atoms with E-state index in [0.717, 1.165) is 53.1 Å². The number of amides is 4. The van der Waals surface area contributed by atoms with Crippen LogP contribution in [0.2, 0.25) is 0 Å². The lowest BCUT2D eigenvalue weighted by molar-refractivity contribution is -0.173. The van der Waals surface area contributed by atoms with Crippen molar-refractivity contribution in [2.45, 2.75) is 51.1 Å². The number of hydrogen-bond donors (Lipinski definition) is 1. The van der Waals surface area contributed by atoms with Gasteiger partial charge in [0, 0.05) is 7.05 Å². The number of benzene rings is 3. The minimum Gasteiger partial charge on any atom is -0.277 e. The number of carbonyl (C=O) groups is 4. The number of sulfonamides is 1. The van der Waals surface area contributed by atoms with Gasteiger partial charge in [-0.2, -0.15) is 13.2 Å². The summed E-state index contributed by atoms with van der Waals surface area (Å²) < 4.78 is 69.6. The van der Waals surface area contributed by atoms with Gasteiger partial charge in [0.25, 0.3) is 23.6 Å². The number of carbonyl (C=O) groups excluding carboxylic acids is 4.